The number of hydrogen-bond acceptors (Lipinski definition) is 2. The molecule has 0 spiro atoms. The minimum absolute atomic E-state index is 0.573. The van der Waals surface area contributed by atoms with Gasteiger partial charge in [0.25, 0.3) is 0 Å². The van der Waals surface area contributed by atoms with Gasteiger partial charge in [0.1, 0.15) is 0 Å². The van der Waals surface area contributed by atoms with E-state index in [0.29, 0.717) is 11.8 Å². The standard InChI is InChI=1S/C16H28N2/c1-4-5-14-6-8-15(9-7-14)11-18-12-16(10-17)13(2)3/h6-9,13,16,18H,4-5,10-12,17H2,1-3H3. The van der Waals surface area contributed by atoms with Crippen LogP contribution in [0.4, 0.5) is 0 Å². The Labute approximate surface area is 112 Å². The molecule has 1 rings (SSSR count). The second-order valence-corrected chi connectivity index (χ2v) is 5.44. The van der Waals surface area contributed by atoms with Gasteiger partial charge in [-0.3, -0.25) is 0 Å². The first-order valence-electron chi connectivity index (χ1n) is 7.16. The summed E-state index contributed by atoms with van der Waals surface area (Å²) in [6, 6.07) is 8.93. The maximum Gasteiger partial charge on any atom is 0.0205 e. The van der Waals surface area contributed by atoms with Crippen LogP contribution in [0.25, 0.3) is 0 Å². The second kappa shape index (κ2) is 8.28. The van der Waals surface area contributed by atoms with Gasteiger partial charge in [0.05, 0.1) is 0 Å². The van der Waals surface area contributed by atoms with Crippen molar-refractivity contribution in [3.8, 4) is 0 Å². The van der Waals surface area contributed by atoms with Gasteiger partial charge in [-0.15, -0.1) is 0 Å². The Morgan fingerprint density at radius 3 is 2.22 bits per heavy atom. The summed E-state index contributed by atoms with van der Waals surface area (Å²) < 4.78 is 0. The molecule has 0 bridgehead atoms. The Balaban J connectivity index is 2.34. The number of nitrogens with two attached hydrogens (primary N) is 1. The van der Waals surface area contributed by atoms with Crippen molar-refractivity contribution in [2.45, 2.75) is 40.2 Å². The molecule has 0 heterocycles. The molecule has 1 aromatic carbocycles. The Hall–Kier alpha value is -0.860. The normalized spacial score (nSPS) is 12.9. The SMILES string of the molecule is CCCc1ccc(CNCC(CN)C(C)C)cc1. The molecule has 1 unspecified atom stereocenters. The third-order valence-electron chi connectivity index (χ3n) is 3.54. The van der Waals surface area contributed by atoms with Gasteiger partial charge in [0.15, 0.2) is 0 Å². The van der Waals surface area contributed by atoms with Crippen LogP contribution in [0.2, 0.25) is 0 Å². The molecule has 0 saturated heterocycles. The molecular formula is C16H28N2. The lowest BCUT2D eigenvalue weighted by atomic mass is 9.96. The van der Waals surface area contributed by atoms with E-state index in [0.717, 1.165) is 19.6 Å². The highest BCUT2D eigenvalue weighted by Crippen LogP contribution is 2.09. The van der Waals surface area contributed by atoms with Crippen LogP contribution >= 0.6 is 0 Å². The minimum Gasteiger partial charge on any atom is -0.330 e. The van der Waals surface area contributed by atoms with E-state index < -0.39 is 0 Å². The lowest BCUT2D eigenvalue weighted by Crippen LogP contribution is -2.31. The Morgan fingerprint density at radius 2 is 1.72 bits per heavy atom. The Morgan fingerprint density at radius 1 is 1.11 bits per heavy atom. The van der Waals surface area contributed by atoms with Gasteiger partial charge in [0.2, 0.25) is 0 Å². The van der Waals surface area contributed by atoms with Gasteiger partial charge in [-0.05, 0) is 42.5 Å². The Kier molecular flexibility index (Phi) is 6.99. The van der Waals surface area contributed by atoms with Gasteiger partial charge < -0.3 is 11.1 Å². The zero-order valence-corrected chi connectivity index (χ0v) is 12.1. The van der Waals surface area contributed by atoms with Crippen LogP contribution in [0.3, 0.4) is 0 Å². The van der Waals surface area contributed by atoms with Crippen LogP contribution in [0.1, 0.15) is 38.3 Å². The van der Waals surface area contributed by atoms with Crippen molar-refractivity contribution in [1.29, 1.82) is 0 Å². The summed E-state index contributed by atoms with van der Waals surface area (Å²) in [7, 11) is 0. The second-order valence-electron chi connectivity index (χ2n) is 5.44. The number of aryl methyl sites for hydroxylation is 1. The van der Waals surface area contributed by atoms with Gasteiger partial charge >= 0.3 is 0 Å². The summed E-state index contributed by atoms with van der Waals surface area (Å²) in [6.45, 7) is 9.40. The molecule has 0 aliphatic heterocycles. The third-order valence-corrected chi connectivity index (χ3v) is 3.54. The summed E-state index contributed by atoms with van der Waals surface area (Å²) in [5.74, 6) is 1.22. The van der Waals surface area contributed by atoms with E-state index in [1.807, 2.05) is 0 Å². The maximum atomic E-state index is 5.77. The number of rotatable bonds is 8. The first-order chi connectivity index (χ1) is 8.67. The predicted octanol–water partition coefficient (Wildman–Crippen LogP) is 2.96. The number of benzene rings is 1. The van der Waals surface area contributed by atoms with Gasteiger partial charge in [-0.1, -0.05) is 51.5 Å². The minimum atomic E-state index is 0.573. The number of hydrogen-bond donors (Lipinski definition) is 2. The molecule has 1 aromatic rings. The van der Waals surface area contributed by atoms with Crippen LogP contribution in [0.5, 0.6) is 0 Å². The van der Waals surface area contributed by atoms with E-state index in [1.54, 1.807) is 0 Å². The van der Waals surface area contributed by atoms with E-state index >= 15 is 0 Å². The summed E-state index contributed by atoms with van der Waals surface area (Å²) in [5.41, 5.74) is 8.56. The first kappa shape index (κ1) is 15.2. The monoisotopic (exact) mass is 248 g/mol. The lowest BCUT2D eigenvalue weighted by Gasteiger charge is -2.19. The highest BCUT2D eigenvalue weighted by Gasteiger charge is 2.10. The van der Waals surface area contributed by atoms with Crippen molar-refractivity contribution in [3.05, 3.63) is 35.4 Å². The smallest absolute Gasteiger partial charge is 0.0205 e. The van der Waals surface area contributed by atoms with Crippen molar-refractivity contribution in [1.82, 2.24) is 5.32 Å². The topological polar surface area (TPSA) is 38.0 Å². The van der Waals surface area contributed by atoms with E-state index in [9.17, 15) is 0 Å². The maximum absolute atomic E-state index is 5.77. The molecule has 102 valence electrons. The molecular weight excluding hydrogens is 220 g/mol. The van der Waals surface area contributed by atoms with Crippen molar-refractivity contribution >= 4 is 0 Å². The molecule has 0 aliphatic rings. The molecule has 0 radical (unpaired) electrons. The average molecular weight is 248 g/mol. The van der Waals surface area contributed by atoms with Crippen LogP contribution < -0.4 is 11.1 Å². The third kappa shape index (κ3) is 5.19. The van der Waals surface area contributed by atoms with Gasteiger partial charge in [-0.2, -0.15) is 0 Å². The summed E-state index contributed by atoms with van der Waals surface area (Å²) in [4.78, 5) is 0. The van der Waals surface area contributed by atoms with Crippen LogP contribution in [-0.4, -0.2) is 13.1 Å². The molecule has 1 atom stereocenters. The highest BCUT2D eigenvalue weighted by atomic mass is 14.9. The predicted molar refractivity (Wildman–Crippen MR) is 79.5 cm³/mol. The average Bonchev–Trinajstić information content (AvgIpc) is 2.36. The molecule has 2 heteroatoms. The van der Waals surface area contributed by atoms with E-state index in [1.165, 1.54) is 24.0 Å². The quantitative estimate of drug-likeness (QED) is 0.742. The van der Waals surface area contributed by atoms with E-state index in [-0.39, 0.29) is 0 Å². The fourth-order valence-electron chi connectivity index (χ4n) is 2.11. The summed E-state index contributed by atoms with van der Waals surface area (Å²) >= 11 is 0. The van der Waals surface area contributed by atoms with Crippen molar-refractivity contribution in [2.75, 3.05) is 13.1 Å². The lowest BCUT2D eigenvalue weighted by molar-refractivity contribution is 0.370. The van der Waals surface area contributed by atoms with Crippen molar-refractivity contribution < 1.29 is 0 Å². The molecule has 0 aliphatic carbocycles. The van der Waals surface area contributed by atoms with E-state index in [4.69, 9.17) is 5.73 Å². The molecule has 3 N–H and O–H groups in total. The van der Waals surface area contributed by atoms with Crippen LogP contribution in [-0.2, 0) is 13.0 Å². The molecule has 0 aromatic heterocycles. The van der Waals surface area contributed by atoms with Gasteiger partial charge in [0, 0.05) is 6.54 Å². The molecule has 18 heavy (non-hydrogen) atoms. The molecule has 0 saturated carbocycles. The summed E-state index contributed by atoms with van der Waals surface area (Å²) in [6.07, 6.45) is 2.39. The van der Waals surface area contributed by atoms with Crippen molar-refractivity contribution in [3.63, 3.8) is 0 Å². The zero-order valence-electron chi connectivity index (χ0n) is 12.1. The van der Waals surface area contributed by atoms with Gasteiger partial charge in [-0.25, -0.2) is 0 Å². The Bertz CT molecular complexity index is 316. The zero-order chi connectivity index (χ0) is 13.4. The fourth-order valence-corrected chi connectivity index (χ4v) is 2.11. The highest BCUT2D eigenvalue weighted by molar-refractivity contribution is 5.22. The summed E-state index contributed by atoms with van der Waals surface area (Å²) in [5, 5.41) is 3.51. The largest absolute Gasteiger partial charge is 0.330 e. The number of nitrogens with one attached hydrogen (secondary N) is 1. The van der Waals surface area contributed by atoms with Crippen LogP contribution in [0.15, 0.2) is 24.3 Å². The first-order valence-corrected chi connectivity index (χ1v) is 7.16. The van der Waals surface area contributed by atoms with E-state index in [2.05, 4.69) is 50.4 Å². The fraction of sp³-hybridized carbons (Fsp3) is 0.625. The van der Waals surface area contributed by atoms with Crippen molar-refractivity contribution in [2.24, 2.45) is 17.6 Å². The molecule has 0 fully saturated rings. The molecule has 2 nitrogen and oxygen atoms in total. The van der Waals surface area contributed by atoms with Crippen LogP contribution in [0, 0.1) is 11.8 Å². The molecule has 0 amide bonds.